The van der Waals surface area contributed by atoms with E-state index in [4.69, 9.17) is 14.2 Å². The van der Waals surface area contributed by atoms with Crippen LogP contribution in [0.15, 0.2) is 43.0 Å². The predicted octanol–water partition coefficient (Wildman–Crippen LogP) is 3.94. The maximum Gasteiger partial charge on any atom is 0.408 e. The lowest BCUT2D eigenvalue weighted by atomic mass is 9.86. The number of nitrogens with one attached hydrogen (secondary N) is 1. The lowest BCUT2D eigenvalue weighted by Gasteiger charge is -2.36. The van der Waals surface area contributed by atoms with Crippen molar-refractivity contribution in [3.8, 4) is 5.69 Å². The van der Waals surface area contributed by atoms with Gasteiger partial charge in [-0.25, -0.2) is 14.6 Å². The lowest BCUT2D eigenvalue weighted by Crippen LogP contribution is -2.59. The first-order chi connectivity index (χ1) is 14.4. The minimum atomic E-state index is -1.40. The van der Waals surface area contributed by atoms with Gasteiger partial charge in [0.15, 0.2) is 5.54 Å². The van der Waals surface area contributed by atoms with Gasteiger partial charge in [0.1, 0.15) is 17.3 Å². The number of rotatable bonds is 4. The normalized spacial score (nSPS) is 21.5. The molecule has 31 heavy (non-hydrogen) atoms. The van der Waals surface area contributed by atoms with E-state index in [0.717, 1.165) is 11.3 Å². The Balaban J connectivity index is 1.94. The number of imidazole rings is 1. The van der Waals surface area contributed by atoms with E-state index in [-0.39, 0.29) is 6.42 Å². The van der Waals surface area contributed by atoms with Crippen LogP contribution in [-0.4, -0.2) is 45.0 Å². The molecule has 1 N–H and O–H groups in total. The van der Waals surface area contributed by atoms with Gasteiger partial charge < -0.3 is 24.1 Å². The number of hydrogen-bond acceptors (Lipinski definition) is 6. The molecule has 1 aliphatic rings. The molecule has 168 valence electrons. The zero-order valence-corrected chi connectivity index (χ0v) is 19.0. The Bertz CT molecular complexity index is 910. The fraction of sp³-hybridized carbons (Fsp3) is 0.522. The van der Waals surface area contributed by atoms with Crippen LogP contribution in [0.4, 0.5) is 4.79 Å². The molecule has 8 nitrogen and oxygen atoms in total. The predicted molar refractivity (Wildman–Crippen MR) is 115 cm³/mol. The smallest absolute Gasteiger partial charge is 0.408 e. The molecule has 8 heteroatoms. The van der Waals surface area contributed by atoms with Gasteiger partial charge in [0.25, 0.3) is 0 Å². The maximum absolute atomic E-state index is 13.3. The Labute approximate surface area is 182 Å². The highest BCUT2D eigenvalue weighted by Crippen LogP contribution is 2.40. The summed E-state index contributed by atoms with van der Waals surface area (Å²) in [5.41, 5.74) is -1.16. The highest BCUT2D eigenvalue weighted by Gasteiger charge is 2.55. The Morgan fingerprint density at radius 2 is 1.74 bits per heavy atom. The van der Waals surface area contributed by atoms with Crippen LogP contribution >= 0.6 is 0 Å². The monoisotopic (exact) mass is 429 g/mol. The maximum atomic E-state index is 13.3. The SMILES string of the molecule is CC(C)(C)OC(=O)N[C@@]1(C(=O)OC(C)(C)C)CCO[C@@H]1c1ccc(-n2ccnc2)cc1. The minimum Gasteiger partial charge on any atom is -0.458 e. The third-order valence-corrected chi connectivity index (χ3v) is 4.71. The zero-order valence-electron chi connectivity index (χ0n) is 19.0. The molecule has 1 aromatic carbocycles. The van der Waals surface area contributed by atoms with Crippen LogP contribution in [0, 0.1) is 0 Å². The molecule has 1 saturated heterocycles. The summed E-state index contributed by atoms with van der Waals surface area (Å²) in [5, 5.41) is 2.79. The molecule has 1 fully saturated rings. The van der Waals surface area contributed by atoms with Gasteiger partial charge in [0.2, 0.25) is 0 Å². The van der Waals surface area contributed by atoms with Gasteiger partial charge in [0.05, 0.1) is 12.9 Å². The van der Waals surface area contributed by atoms with Crippen molar-refractivity contribution < 1.29 is 23.8 Å². The Kier molecular flexibility index (Phi) is 6.14. The highest BCUT2D eigenvalue weighted by atomic mass is 16.6. The van der Waals surface area contributed by atoms with Crippen LogP contribution in [0.1, 0.15) is 59.6 Å². The highest BCUT2D eigenvalue weighted by molar-refractivity contribution is 5.87. The first-order valence-electron chi connectivity index (χ1n) is 10.3. The summed E-state index contributed by atoms with van der Waals surface area (Å²) >= 11 is 0. The second kappa shape index (κ2) is 8.34. The quantitative estimate of drug-likeness (QED) is 0.740. The van der Waals surface area contributed by atoms with E-state index in [1.54, 1.807) is 54.1 Å². The number of hydrogen-bond donors (Lipinski definition) is 1. The average Bonchev–Trinajstić information content (AvgIpc) is 3.29. The molecule has 0 spiro atoms. The number of aromatic nitrogens is 2. The number of amides is 1. The van der Waals surface area contributed by atoms with Crippen LogP contribution in [0.3, 0.4) is 0 Å². The molecule has 0 aliphatic carbocycles. The molecular weight excluding hydrogens is 398 g/mol. The van der Waals surface area contributed by atoms with E-state index >= 15 is 0 Å². The molecular formula is C23H31N3O5. The first kappa shape index (κ1) is 22.8. The number of carbonyl (C=O) groups is 2. The Morgan fingerprint density at radius 3 is 2.29 bits per heavy atom. The van der Waals surface area contributed by atoms with Crippen molar-refractivity contribution in [2.75, 3.05) is 6.61 Å². The fourth-order valence-electron chi connectivity index (χ4n) is 3.47. The van der Waals surface area contributed by atoms with Crippen molar-refractivity contribution in [3.63, 3.8) is 0 Å². The standard InChI is InChI=1S/C23H31N3O5/c1-21(2,3)30-19(27)23(25-20(28)31-22(4,5)6)11-14-29-18(23)16-7-9-17(10-8-16)26-13-12-24-15-26/h7-10,12-13,15,18H,11,14H2,1-6H3,(H,25,28)/t18-,23+/m1/s1. The van der Waals surface area contributed by atoms with Gasteiger partial charge in [-0.15, -0.1) is 0 Å². The fourth-order valence-corrected chi connectivity index (χ4v) is 3.47. The summed E-state index contributed by atoms with van der Waals surface area (Å²) in [7, 11) is 0. The van der Waals surface area contributed by atoms with Gasteiger partial charge in [-0.1, -0.05) is 12.1 Å². The van der Waals surface area contributed by atoms with Crippen molar-refractivity contribution in [2.45, 2.75) is 70.8 Å². The van der Waals surface area contributed by atoms with E-state index in [1.165, 1.54) is 0 Å². The number of ether oxygens (including phenoxy) is 3. The number of carbonyl (C=O) groups excluding carboxylic acids is 2. The lowest BCUT2D eigenvalue weighted by molar-refractivity contribution is -0.166. The Morgan fingerprint density at radius 1 is 1.10 bits per heavy atom. The minimum absolute atomic E-state index is 0.273. The van der Waals surface area contributed by atoms with Crippen LogP contribution in [0.5, 0.6) is 0 Å². The van der Waals surface area contributed by atoms with E-state index in [1.807, 2.05) is 35.0 Å². The second-order valence-electron chi connectivity index (χ2n) is 9.66. The number of esters is 1. The third kappa shape index (κ3) is 5.44. The second-order valence-corrected chi connectivity index (χ2v) is 9.66. The third-order valence-electron chi connectivity index (χ3n) is 4.71. The Hall–Kier alpha value is -2.87. The molecule has 3 rings (SSSR count). The van der Waals surface area contributed by atoms with E-state index in [2.05, 4.69) is 10.3 Å². The average molecular weight is 430 g/mol. The van der Waals surface area contributed by atoms with Crippen LogP contribution in [0.2, 0.25) is 0 Å². The van der Waals surface area contributed by atoms with Crippen molar-refractivity contribution >= 4 is 12.1 Å². The summed E-state index contributed by atoms with van der Waals surface area (Å²) in [6.07, 6.45) is 4.11. The van der Waals surface area contributed by atoms with E-state index < -0.39 is 34.9 Å². The molecule has 2 atom stereocenters. The molecule has 1 aliphatic heterocycles. The van der Waals surface area contributed by atoms with Gasteiger partial charge in [-0.05, 0) is 59.2 Å². The van der Waals surface area contributed by atoms with Crippen molar-refractivity contribution in [1.29, 1.82) is 0 Å². The summed E-state index contributed by atoms with van der Waals surface area (Å²) in [5.74, 6) is -0.549. The number of benzene rings is 1. The van der Waals surface area contributed by atoms with Gasteiger partial charge in [0, 0.05) is 24.5 Å². The molecule has 1 amide bonds. The zero-order chi connectivity index (χ0) is 22.9. The summed E-state index contributed by atoms with van der Waals surface area (Å²) in [4.78, 5) is 30.1. The molecule has 2 aromatic rings. The number of nitrogens with zero attached hydrogens (tertiary/aromatic N) is 2. The van der Waals surface area contributed by atoms with Crippen LogP contribution < -0.4 is 5.32 Å². The van der Waals surface area contributed by atoms with Gasteiger partial charge in [-0.3, -0.25) is 0 Å². The van der Waals surface area contributed by atoms with E-state index in [0.29, 0.717) is 6.61 Å². The van der Waals surface area contributed by atoms with Crippen molar-refractivity contribution in [3.05, 3.63) is 48.5 Å². The van der Waals surface area contributed by atoms with Gasteiger partial charge >= 0.3 is 12.1 Å². The van der Waals surface area contributed by atoms with E-state index in [9.17, 15) is 9.59 Å². The molecule has 1 aromatic heterocycles. The topological polar surface area (TPSA) is 91.7 Å². The molecule has 0 radical (unpaired) electrons. The summed E-state index contributed by atoms with van der Waals surface area (Å²) in [6, 6.07) is 7.57. The van der Waals surface area contributed by atoms with Crippen LogP contribution in [-0.2, 0) is 19.0 Å². The summed E-state index contributed by atoms with van der Waals surface area (Å²) in [6.45, 7) is 11.0. The largest absolute Gasteiger partial charge is 0.458 e. The molecule has 0 saturated carbocycles. The van der Waals surface area contributed by atoms with Crippen molar-refractivity contribution in [2.24, 2.45) is 0 Å². The van der Waals surface area contributed by atoms with Crippen LogP contribution in [0.25, 0.3) is 5.69 Å². The number of alkyl carbamates (subject to hydrolysis) is 1. The van der Waals surface area contributed by atoms with Crippen molar-refractivity contribution in [1.82, 2.24) is 14.9 Å². The summed E-state index contributed by atoms with van der Waals surface area (Å²) < 4.78 is 19.0. The first-order valence-corrected chi connectivity index (χ1v) is 10.3. The molecule has 2 heterocycles. The molecule has 0 bridgehead atoms. The van der Waals surface area contributed by atoms with Gasteiger partial charge in [-0.2, -0.15) is 0 Å². The molecule has 0 unspecified atom stereocenters.